The van der Waals surface area contributed by atoms with Gasteiger partial charge in [0.05, 0.1) is 12.8 Å². The topological polar surface area (TPSA) is 79.0 Å². The number of amides is 1. The highest BCUT2D eigenvalue weighted by Gasteiger charge is 2.11. The number of nitrogens with zero attached hydrogens (tertiary/aromatic N) is 1. The first kappa shape index (κ1) is 18.3. The summed E-state index contributed by atoms with van der Waals surface area (Å²) < 4.78 is 5.14. The fourth-order valence-electron chi connectivity index (χ4n) is 2.56. The highest BCUT2D eigenvalue weighted by atomic mass is 16.5. The summed E-state index contributed by atoms with van der Waals surface area (Å²) in [5.74, 6) is 0.466. The van der Waals surface area contributed by atoms with Crippen LogP contribution in [-0.4, -0.2) is 23.2 Å². The highest BCUT2D eigenvalue weighted by Crippen LogP contribution is 2.21. The van der Waals surface area contributed by atoms with Crippen LogP contribution in [0.25, 0.3) is 11.3 Å². The number of ether oxygens (including phenoxy) is 1. The Bertz CT molecular complexity index is 901. The van der Waals surface area contributed by atoms with Gasteiger partial charge >= 0.3 is 0 Å². The number of rotatable bonds is 8. The lowest BCUT2D eigenvalue weighted by molar-refractivity contribution is 0.0933. The second-order valence-corrected chi connectivity index (χ2v) is 6.06. The van der Waals surface area contributed by atoms with Crippen molar-refractivity contribution in [1.82, 2.24) is 21.0 Å². The molecule has 0 spiro atoms. The summed E-state index contributed by atoms with van der Waals surface area (Å²) in [5.41, 5.74) is 9.41. The third kappa shape index (κ3) is 4.98. The lowest BCUT2D eigenvalue weighted by atomic mass is 10.1. The van der Waals surface area contributed by atoms with Crippen LogP contribution >= 0.6 is 0 Å². The molecule has 3 aromatic rings. The SMILES string of the molecule is C=C(CCc1ccccc1)NNC(=O)c1cc(-c2ccc(OC)cc2)n[nH]1. The molecule has 1 heterocycles. The minimum absolute atomic E-state index is 0.303. The van der Waals surface area contributed by atoms with Crippen LogP contribution in [0.3, 0.4) is 0 Å². The van der Waals surface area contributed by atoms with Crippen molar-refractivity contribution < 1.29 is 9.53 Å². The number of hydrazine groups is 1. The molecule has 0 unspecified atom stereocenters. The first-order chi connectivity index (χ1) is 13.2. The van der Waals surface area contributed by atoms with Gasteiger partial charge in [-0.2, -0.15) is 5.10 Å². The van der Waals surface area contributed by atoms with Gasteiger partial charge in [0.25, 0.3) is 5.91 Å². The molecule has 27 heavy (non-hydrogen) atoms. The first-order valence-corrected chi connectivity index (χ1v) is 8.63. The summed E-state index contributed by atoms with van der Waals surface area (Å²) in [5, 5.41) is 6.94. The molecule has 138 valence electrons. The third-order valence-corrected chi connectivity index (χ3v) is 4.12. The zero-order chi connectivity index (χ0) is 19.1. The van der Waals surface area contributed by atoms with Crippen LogP contribution in [0.1, 0.15) is 22.5 Å². The van der Waals surface area contributed by atoms with E-state index in [1.54, 1.807) is 13.2 Å². The molecule has 3 rings (SSSR count). The lowest BCUT2D eigenvalue weighted by Gasteiger charge is -2.10. The van der Waals surface area contributed by atoms with E-state index in [2.05, 4.69) is 39.8 Å². The molecule has 3 N–H and O–H groups in total. The molecule has 0 saturated heterocycles. The summed E-state index contributed by atoms with van der Waals surface area (Å²) >= 11 is 0. The van der Waals surface area contributed by atoms with E-state index < -0.39 is 0 Å². The van der Waals surface area contributed by atoms with Gasteiger partial charge < -0.3 is 10.2 Å². The van der Waals surface area contributed by atoms with Crippen molar-refractivity contribution in [3.05, 3.63) is 84.2 Å². The quantitative estimate of drug-likeness (QED) is 0.536. The predicted molar refractivity (Wildman–Crippen MR) is 105 cm³/mol. The zero-order valence-electron chi connectivity index (χ0n) is 15.2. The minimum Gasteiger partial charge on any atom is -0.497 e. The van der Waals surface area contributed by atoms with Crippen molar-refractivity contribution in [2.75, 3.05) is 7.11 Å². The number of benzene rings is 2. The molecular weight excluding hydrogens is 340 g/mol. The van der Waals surface area contributed by atoms with Gasteiger partial charge in [0.2, 0.25) is 0 Å². The number of methoxy groups -OCH3 is 1. The number of carbonyl (C=O) groups excluding carboxylic acids is 1. The lowest BCUT2D eigenvalue weighted by Crippen LogP contribution is -2.36. The van der Waals surface area contributed by atoms with E-state index in [1.165, 1.54) is 5.56 Å². The normalized spacial score (nSPS) is 10.3. The maximum Gasteiger partial charge on any atom is 0.287 e. The second-order valence-electron chi connectivity index (χ2n) is 6.06. The van der Waals surface area contributed by atoms with Crippen LogP contribution in [-0.2, 0) is 6.42 Å². The van der Waals surface area contributed by atoms with Crippen molar-refractivity contribution in [3.63, 3.8) is 0 Å². The summed E-state index contributed by atoms with van der Waals surface area (Å²) in [6.45, 7) is 3.94. The molecule has 1 amide bonds. The number of hydrogen-bond acceptors (Lipinski definition) is 4. The maximum absolute atomic E-state index is 12.3. The van der Waals surface area contributed by atoms with E-state index in [0.717, 1.165) is 29.9 Å². The van der Waals surface area contributed by atoms with Gasteiger partial charge in [-0.1, -0.05) is 36.9 Å². The van der Waals surface area contributed by atoms with Gasteiger partial charge in [-0.25, -0.2) is 0 Å². The Kier molecular flexibility index (Phi) is 5.89. The Morgan fingerprint density at radius 2 is 1.85 bits per heavy atom. The number of H-pyrrole nitrogens is 1. The van der Waals surface area contributed by atoms with E-state index >= 15 is 0 Å². The van der Waals surface area contributed by atoms with Crippen molar-refractivity contribution in [2.24, 2.45) is 0 Å². The van der Waals surface area contributed by atoms with Crippen molar-refractivity contribution in [3.8, 4) is 17.0 Å². The Labute approximate surface area is 158 Å². The van der Waals surface area contributed by atoms with Gasteiger partial charge in [0, 0.05) is 11.3 Å². The van der Waals surface area contributed by atoms with Crippen molar-refractivity contribution >= 4 is 5.91 Å². The number of aryl methyl sites for hydroxylation is 1. The van der Waals surface area contributed by atoms with Crippen LogP contribution in [0.5, 0.6) is 5.75 Å². The summed E-state index contributed by atoms with van der Waals surface area (Å²) in [7, 11) is 1.62. The van der Waals surface area contributed by atoms with Crippen LogP contribution in [0.15, 0.2) is 72.9 Å². The molecule has 6 nitrogen and oxygen atoms in total. The zero-order valence-corrected chi connectivity index (χ0v) is 15.2. The molecule has 0 radical (unpaired) electrons. The van der Waals surface area contributed by atoms with Gasteiger partial charge in [0.15, 0.2) is 0 Å². The molecule has 0 bridgehead atoms. The molecular formula is C21H22N4O2. The molecule has 0 aliphatic heterocycles. The molecule has 1 aromatic heterocycles. The van der Waals surface area contributed by atoms with Crippen LogP contribution in [0.2, 0.25) is 0 Å². The monoisotopic (exact) mass is 362 g/mol. The van der Waals surface area contributed by atoms with E-state index in [9.17, 15) is 4.79 Å². The Morgan fingerprint density at radius 1 is 1.11 bits per heavy atom. The molecule has 0 fully saturated rings. The number of aromatic amines is 1. The first-order valence-electron chi connectivity index (χ1n) is 8.63. The molecule has 2 aromatic carbocycles. The Morgan fingerprint density at radius 3 is 2.56 bits per heavy atom. The van der Waals surface area contributed by atoms with E-state index in [4.69, 9.17) is 4.74 Å². The number of allylic oxidation sites excluding steroid dienone is 1. The van der Waals surface area contributed by atoms with Gasteiger partial charge in [0.1, 0.15) is 11.4 Å². The average molecular weight is 362 g/mol. The standard InChI is InChI=1S/C21H22N4O2/c1-15(8-9-16-6-4-3-5-7-16)22-25-21(26)20-14-19(23-24-20)17-10-12-18(27-2)13-11-17/h3-7,10-14,22H,1,8-9H2,2H3,(H,23,24)(H,25,26). The number of carbonyl (C=O) groups is 1. The van der Waals surface area contributed by atoms with E-state index in [1.807, 2.05) is 42.5 Å². The molecule has 0 atom stereocenters. The molecule has 6 heteroatoms. The summed E-state index contributed by atoms with van der Waals surface area (Å²) in [6.07, 6.45) is 1.58. The smallest absolute Gasteiger partial charge is 0.287 e. The van der Waals surface area contributed by atoms with Crippen molar-refractivity contribution in [1.29, 1.82) is 0 Å². The predicted octanol–water partition coefficient (Wildman–Crippen LogP) is 3.47. The third-order valence-electron chi connectivity index (χ3n) is 4.12. The number of nitrogens with one attached hydrogen (secondary N) is 3. The average Bonchev–Trinajstić information content (AvgIpc) is 3.21. The van der Waals surface area contributed by atoms with Gasteiger partial charge in [-0.15, -0.1) is 0 Å². The molecule has 0 saturated carbocycles. The Hall–Kier alpha value is -3.54. The van der Waals surface area contributed by atoms with Crippen LogP contribution in [0, 0.1) is 0 Å². The van der Waals surface area contributed by atoms with Crippen molar-refractivity contribution in [2.45, 2.75) is 12.8 Å². The summed E-state index contributed by atoms with van der Waals surface area (Å²) in [6, 6.07) is 19.3. The summed E-state index contributed by atoms with van der Waals surface area (Å²) in [4.78, 5) is 12.3. The van der Waals surface area contributed by atoms with Crippen LogP contribution in [0.4, 0.5) is 0 Å². The minimum atomic E-state index is -0.303. The van der Waals surface area contributed by atoms with Gasteiger partial charge in [-0.3, -0.25) is 15.3 Å². The Balaban J connectivity index is 1.50. The number of hydrogen-bond donors (Lipinski definition) is 3. The fourth-order valence-corrected chi connectivity index (χ4v) is 2.56. The maximum atomic E-state index is 12.3. The van der Waals surface area contributed by atoms with E-state index in [0.29, 0.717) is 11.4 Å². The second kappa shape index (κ2) is 8.71. The van der Waals surface area contributed by atoms with E-state index in [-0.39, 0.29) is 5.91 Å². The molecule has 0 aliphatic rings. The van der Waals surface area contributed by atoms with Crippen LogP contribution < -0.4 is 15.6 Å². The highest BCUT2D eigenvalue weighted by molar-refractivity contribution is 5.93. The molecule has 0 aliphatic carbocycles. The number of aromatic nitrogens is 2. The largest absolute Gasteiger partial charge is 0.497 e. The fraction of sp³-hybridized carbons (Fsp3) is 0.143. The van der Waals surface area contributed by atoms with Gasteiger partial charge in [-0.05, 0) is 48.7 Å².